The Hall–Kier alpha value is -3.10. The Morgan fingerprint density at radius 3 is 2.73 bits per heavy atom. The summed E-state index contributed by atoms with van der Waals surface area (Å²) < 4.78 is 20.1. The second kappa shape index (κ2) is 9.60. The number of ether oxygens (including phenoxy) is 1. The van der Waals surface area contributed by atoms with Gasteiger partial charge < -0.3 is 19.8 Å². The number of hydrogen-bond donors (Lipinski definition) is 1. The summed E-state index contributed by atoms with van der Waals surface area (Å²) in [6, 6.07) is 4.78. The standard InChI is InChI=1S/C21H27FN4O4/c1-14(24-29-3)10-16-6-8-25(9-7-16)20-5-4-17(11-19(20)22)26-13-18(30-21(26)28)12-23-15(2)27/h4-5,10-11,18H,6-9,12-13H2,1-3H3,(H,23,27)/b24-14+/t18-/m0/s1. The van der Waals surface area contributed by atoms with Crippen LogP contribution in [-0.2, 0) is 14.4 Å². The number of anilines is 2. The molecule has 2 aliphatic heterocycles. The number of piperidine rings is 1. The minimum Gasteiger partial charge on any atom is -0.442 e. The Kier molecular flexibility index (Phi) is 6.91. The molecule has 8 nitrogen and oxygen atoms in total. The molecule has 2 amide bonds. The van der Waals surface area contributed by atoms with Crippen LogP contribution in [0.1, 0.15) is 26.7 Å². The van der Waals surface area contributed by atoms with Crippen molar-refractivity contribution < 1.29 is 23.6 Å². The van der Waals surface area contributed by atoms with Gasteiger partial charge in [-0.15, -0.1) is 0 Å². The fraction of sp³-hybridized carbons (Fsp3) is 0.476. The van der Waals surface area contributed by atoms with Crippen molar-refractivity contribution >= 4 is 29.1 Å². The molecule has 2 heterocycles. The van der Waals surface area contributed by atoms with Gasteiger partial charge in [-0.2, -0.15) is 0 Å². The molecule has 1 N–H and O–H groups in total. The summed E-state index contributed by atoms with van der Waals surface area (Å²) in [4.78, 5) is 31.3. The van der Waals surface area contributed by atoms with E-state index < -0.39 is 12.2 Å². The molecule has 0 bridgehead atoms. The van der Waals surface area contributed by atoms with Gasteiger partial charge in [0.15, 0.2) is 0 Å². The summed E-state index contributed by atoms with van der Waals surface area (Å²) >= 11 is 0. The Morgan fingerprint density at radius 1 is 1.37 bits per heavy atom. The van der Waals surface area contributed by atoms with Crippen LogP contribution in [0.25, 0.3) is 0 Å². The molecule has 162 valence electrons. The van der Waals surface area contributed by atoms with Crippen molar-refractivity contribution in [2.75, 3.05) is 43.1 Å². The van der Waals surface area contributed by atoms with Crippen LogP contribution in [0.2, 0.25) is 0 Å². The Labute approximate surface area is 175 Å². The highest BCUT2D eigenvalue weighted by molar-refractivity contribution is 5.93. The average Bonchev–Trinajstić information content (AvgIpc) is 3.08. The number of carbonyl (C=O) groups is 2. The summed E-state index contributed by atoms with van der Waals surface area (Å²) in [6.45, 7) is 5.18. The molecule has 2 fully saturated rings. The number of cyclic esters (lactones) is 1. The minimum atomic E-state index is -0.543. The first kappa shape index (κ1) is 21.6. The zero-order chi connectivity index (χ0) is 21.7. The van der Waals surface area contributed by atoms with Crippen LogP contribution in [0.3, 0.4) is 0 Å². The number of oxime groups is 1. The number of nitrogens with zero attached hydrogens (tertiary/aromatic N) is 3. The van der Waals surface area contributed by atoms with Crippen molar-refractivity contribution in [1.82, 2.24) is 5.32 Å². The summed E-state index contributed by atoms with van der Waals surface area (Å²) in [6.07, 6.45) is 2.65. The number of halogens is 1. The highest BCUT2D eigenvalue weighted by Gasteiger charge is 2.33. The number of carbonyl (C=O) groups excluding carboxylic acids is 2. The van der Waals surface area contributed by atoms with Gasteiger partial charge in [-0.05, 0) is 44.0 Å². The predicted octanol–water partition coefficient (Wildman–Crippen LogP) is 2.84. The fourth-order valence-corrected chi connectivity index (χ4v) is 3.66. The third-order valence-electron chi connectivity index (χ3n) is 5.09. The summed E-state index contributed by atoms with van der Waals surface area (Å²) in [5, 5.41) is 6.52. The van der Waals surface area contributed by atoms with E-state index in [-0.39, 0.29) is 24.8 Å². The molecular formula is C21H27FN4O4. The maximum atomic E-state index is 14.8. The minimum absolute atomic E-state index is 0.194. The molecule has 0 radical (unpaired) electrons. The van der Waals surface area contributed by atoms with Crippen LogP contribution < -0.4 is 15.1 Å². The maximum Gasteiger partial charge on any atom is 0.414 e. The maximum absolute atomic E-state index is 14.8. The van der Waals surface area contributed by atoms with Crippen LogP contribution in [0.5, 0.6) is 0 Å². The van der Waals surface area contributed by atoms with E-state index >= 15 is 0 Å². The van der Waals surface area contributed by atoms with Crippen molar-refractivity contribution in [1.29, 1.82) is 0 Å². The van der Waals surface area contributed by atoms with Gasteiger partial charge in [0, 0.05) is 20.0 Å². The van der Waals surface area contributed by atoms with Crippen molar-refractivity contribution in [2.45, 2.75) is 32.8 Å². The lowest BCUT2D eigenvalue weighted by Crippen LogP contribution is -2.33. The fourth-order valence-electron chi connectivity index (χ4n) is 3.66. The van der Waals surface area contributed by atoms with E-state index in [1.807, 2.05) is 17.9 Å². The SMILES string of the molecule is CO/N=C(\C)C=C1CCN(c2ccc(N3C[C@H](CNC(C)=O)OC3=O)cc2F)CC1. The van der Waals surface area contributed by atoms with E-state index in [0.717, 1.165) is 18.6 Å². The third kappa shape index (κ3) is 5.28. The molecule has 1 aromatic carbocycles. The second-order valence-electron chi connectivity index (χ2n) is 7.39. The smallest absolute Gasteiger partial charge is 0.414 e. The van der Waals surface area contributed by atoms with E-state index in [9.17, 15) is 14.0 Å². The molecule has 0 saturated carbocycles. The summed E-state index contributed by atoms with van der Waals surface area (Å²) in [5.41, 5.74) is 3.02. The molecule has 0 aliphatic carbocycles. The Balaban J connectivity index is 1.63. The summed E-state index contributed by atoms with van der Waals surface area (Å²) in [5.74, 6) is -0.573. The van der Waals surface area contributed by atoms with E-state index in [1.165, 1.54) is 30.6 Å². The third-order valence-corrected chi connectivity index (χ3v) is 5.09. The quantitative estimate of drug-likeness (QED) is 0.567. The van der Waals surface area contributed by atoms with Gasteiger partial charge in [0.25, 0.3) is 0 Å². The van der Waals surface area contributed by atoms with Gasteiger partial charge in [-0.1, -0.05) is 10.7 Å². The van der Waals surface area contributed by atoms with Gasteiger partial charge in [0.05, 0.1) is 30.2 Å². The Bertz CT molecular complexity index is 861. The monoisotopic (exact) mass is 418 g/mol. The molecular weight excluding hydrogens is 391 g/mol. The highest BCUT2D eigenvalue weighted by Crippen LogP contribution is 2.30. The largest absolute Gasteiger partial charge is 0.442 e. The summed E-state index contributed by atoms with van der Waals surface area (Å²) in [7, 11) is 1.52. The molecule has 1 aromatic rings. The van der Waals surface area contributed by atoms with Gasteiger partial charge in [0.2, 0.25) is 5.91 Å². The van der Waals surface area contributed by atoms with Crippen LogP contribution in [0.4, 0.5) is 20.6 Å². The van der Waals surface area contributed by atoms with Gasteiger partial charge in [0.1, 0.15) is 19.0 Å². The Morgan fingerprint density at radius 2 is 2.10 bits per heavy atom. The van der Waals surface area contributed by atoms with Crippen LogP contribution in [-0.4, -0.2) is 57.1 Å². The molecule has 0 spiro atoms. The molecule has 0 unspecified atom stereocenters. The highest BCUT2D eigenvalue weighted by atomic mass is 19.1. The van der Waals surface area contributed by atoms with E-state index in [0.29, 0.717) is 24.5 Å². The van der Waals surface area contributed by atoms with Crippen LogP contribution in [0.15, 0.2) is 35.0 Å². The van der Waals surface area contributed by atoms with Crippen molar-refractivity contribution in [3.8, 4) is 0 Å². The molecule has 0 aromatic heterocycles. The lowest BCUT2D eigenvalue weighted by molar-refractivity contribution is -0.119. The molecule has 2 saturated heterocycles. The van der Waals surface area contributed by atoms with E-state index in [2.05, 4.69) is 10.5 Å². The number of hydrogen-bond acceptors (Lipinski definition) is 6. The first-order chi connectivity index (χ1) is 14.4. The second-order valence-corrected chi connectivity index (χ2v) is 7.39. The average molecular weight is 418 g/mol. The number of allylic oxidation sites excluding steroid dienone is 1. The first-order valence-corrected chi connectivity index (χ1v) is 9.91. The van der Waals surface area contributed by atoms with Gasteiger partial charge in [-0.3, -0.25) is 9.69 Å². The van der Waals surface area contributed by atoms with Crippen molar-refractivity contribution in [3.05, 3.63) is 35.7 Å². The molecule has 2 aliphatic rings. The van der Waals surface area contributed by atoms with Gasteiger partial charge in [-0.25, -0.2) is 9.18 Å². The normalized spacial score (nSPS) is 19.6. The van der Waals surface area contributed by atoms with Crippen molar-refractivity contribution in [3.63, 3.8) is 0 Å². The lowest BCUT2D eigenvalue weighted by Gasteiger charge is -2.31. The van der Waals surface area contributed by atoms with Gasteiger partial charge >= 0.3 is 6.09 Å². The zero-order valence-electron chi connectivity index (χ0n) is 17.5. The molecule has 1 atom stereocenters. The van der Waals surface area contributed by atoms with Crippen LogP contribution in [0, 0.1) is 5.82 Å². The number of amides is 2. The molecule has 3 rings (SSSR count). The van der Waals surface area contributed by atoms with E-state index in [1.54, 1.807) is 12.1 Å². The zero-order valence-corrected chi connectivity index (χ0v) is 17.5. The number of rotatable bonds is 6. The first-order valence-electron chi connectivity index (χ1n) is 9.91. The lowest BCUT2D eigenvalue weighted by atomic mass is 10.0. The number of nitrogens with one attached hydrogen (secondary N) is 1. The molecule has 30 heavy (non-hydrogen) atoms. The van der Waals surface area contributed by atoms with Crippen molar-refractivity contribution in [2.24, 2.45) is 5.16 Å². The predicted molar refractivity (Wildman–Crippen MR) is 112 cm³/mol. The topological polar surface area (TPSA) is 83.5 Å². The number of benzene rings is 1. The van der Waals surface area contributed by atoms with E-state index in [4.69, 9.17) is 9.57 Å². The van der Waals surface area contributed by atoms with Crippen LogP contribution >= 0.6 is 0 Å². The molecule has 9 heteroatoms.